The van der Waals surface area contributed by atoms with E-state index in [1.54, 1.807) is 29.8 Å². The van der Waals surface area contributed by atoms with Gasteiger partial charge in [-0.2, -0.15) is 0 Å². The predicted molar refractivity (Wildman–Crippen MR) is 235 cm³/mol. The zero-order chi connectivity index (χ0) is 41.5. The fraction of sp³-hybridized carbons (Fsp3) is 0.438. The van der Waals surface area contributed by atoms with Crippen molar-refractivity contribution in [3.63, 3.8) is 0 Å². The van der Waals surface area contributed by atoms with E-state index in [0.29, 0.717) is 57.5 Å². The second kappa shape index (κ2) is 14.8. The van der Waals surface area contributed by atoms with Crippen LogP contribution in [-0.2, 0) is 15.2 Å². The number of hydrogen-bond acceptors (Lipinski definition) is 9. The third-order valence-electron chi connectivity index (χ3n) is 14.0. The van der Waals surface area contributed by atoms with Gasteiger partial charge in [0.1, 0.15) is 6.04 Å². The Bertz CT molecular complexity index is 2640. The van der Waals surface area contributed by atoms with Crippen LogP contribution in [0, 0.1) is 17.3 Å². The van der Waals surface area contributed by atoms with E-state index in [1.807, 2.05) is 66.9 Å². The van der Waals surface area contributed by atoms with E-state index in [-0.39, 0.29) is 23.8 Å². The number of hydrogen-bond donors (Lipinski definition) is 3. The Labute approximate surface area is 353 Å². The van der Waals surface area contributed by atoms with E-state index in [0.717, 1.165) is 57.7 Å². The molecule has 3 amide bonds. The van der Waals surface area contributed by atoms with Gasteiger partial charge in [-0.1, -0.05) is 36.9 Å². The third kappa shape index (κ3) is 6.86. The summed E-state index contributed by atoms with van der Waals surface area (Å²) in [6, 6.07) is 18.6. The number of amides is 3. The van der Waals surface area contributed by atoms with E-state index in [1.165, 1.54) is 50.2 Å². The van der Waals surface area contributed by atoms with Crippen LogP contribution in [0.15, 0.2) is 78.2 Å². The molecular weight excluding hydrogens is 773 g/mol. The molecule has 12 heteroatoms. The third-order valence-corrected chi connectivity index (χ3v) is 15.2. The van der Waals surface area contributed by atoms with E-state index >= 15 is 0 Å². The Morgan fingerprint density at radius 3 is 2.52 bits per heavy atom. The minimum atomic E-state index is -1.15. The van der Waals surface area contributed by atoms with Crippen LogP contribution in [0.2, 0.25) is 0 Å². The number of anilines is 1. The highest BCUT2D eigenvalue weighted by Gasteiger charge is 2.52. The molecule has 10 rings (SSSR count). The molecule has 5 heterocycles. The number of imide groups is 1. The van der Waals surface area contributed by atoms with Gasteiger partial charge in [-0.15, -0.1) is 11.3 Å². The molecule has 11 nitrogen and oxygen atoms in total. The van der Waals surface area contributed by atoms with Gasteiger partial charge >= 0.3 is 0 Å². The second-order valence-electron chi connectivity index (χ2n) is 18.7. The Balaban J connectivity index is 0.703. The summed E-state index contributed by atoms with van der Waals surface area (Å²) in [6.45, 7) is 12.0. The summed E-state index contributed by atoms with van der Waals surface area (Å²) in [7, 11) is 0. The number of piperidine rings is 1. The van der Waals surface area contributed by atoms with Crippen LogP contribution in [0.5, 0.6) is 0 Å². The van der Waals surface area contributed by atoms with Crippen molar-refractivity contribution >= 4 is 61.4 Å². The molecule has 1 spiro atoms. The van der Waals surface area contributed by atoms with Crippen molar-refractivity contribution in [3.8, 4) is 5.69 Å². The zero-order valence-electron chi connectivity index (χ0n) is 34.3. The first-order valence-electron chi connectivity index (χ1n) is 21.6. The van der Waals surface area contributed by atoms with Crippen molar-refractivity contribution in [3.05, 3.63) is 105 Å². The number of benzene rings is 3. The molecule has 3 aliphatic heterocycles. The lowest BCUT2D eigenvalue weighted by Crippen LogP contribution is -2.63. The maximum Gasteiger partial charge on any atom is 0.262 e. The number of nitrogens with zero attached hydrogens (tertiary/aromatic N) is 4. The van der Waals surface area contributed by atoms with E-state index in [9.17, 15) is 24.3 Å². The van der Waals surface area contributed by atoms with E-state index in [2.05, 4.69) is 22.1 Å². The van der Waals surface area contributed by atoms with Crippen molar-refractivity contribution in [2.45, 2.75) is 89.2 Å². The number of thiazole rings is 1. The van der Waals surface area contributed by atoms with Crippen molar-refractivity contribution in [2.75, 3.05) is 31.5 Å². The van der Waals surface area contributed by atoms with Crippen LogP contribution >= 0.6 is 11.3 Å². The maximum absolute atomic E-state index is 13.6. The molecule has 5 aromatic rings. The highest BCUT2D eigenvalue weighted by atomic mass is 32.1. The van der Waals surface area contributed by atoms with E-state index in [4.69, 9.17) is 4.98 Å². The van der Waals surface area contributed by atoms with Gasteiger partial charge < -0.3 is 15.3 Å². The van der Waals surface area contributed by atoms with Crippen LogP contribution < -0.4 is 16.2 Å². The SMILES string of the molecule is C=C1c2cccc(NCCC3CC4(C3)CN(CC3CCC(c5nc6cc(C(C)(C)O)c(-n7ccc8ccccc8c7=O)cc6s5)CC3)C4)c2C(=O)N1C1CCC(=O)NC1=O. The number of likely N-dealkylation sites (tertiary alicyclic amines) is 1. The maximum atomic E-state index is 13.6. The normalized spacial score (nSPS) is 23.2. The van der Waals surface area contributed by atoms with Crippen molar-refractivity contribution in [1.29, 1.82) is 0 Å². The number of aliphatic hydroxyl groups is 1. The Morgan fingerprint density at radius 1 is 0.967 bits per heavy atom. The van der Waals surface area contributed by atoms with Crippen LogP contribution in [0.4, 0.5) is 5.69 Å². The predicted octanol–water partition coefficient (Wildman–Crippen LogP) is 7.55. The molecule has 2 aromatic heterocycles. The number of rotatable bonds is 10. The lowest BCUT2D eigenvalue weighted by Gasteiger charge is -2.60. The summed E-state index contributed by atoms with van der Waals surface area (Å²) in [4.78, 5) is 60.8. The lowest BCUT2D eigenvalue weighted by molar-refractivity contribution is -0.136. The van der Waals surface area contributed by atoms with Gasteiger partial charge in [0.05, 0.1) is 32.1 Å². The first-order valence-corrected chi connectivity index (χ1v) is 22.4. The smallest absolute Gasteiger partial charge is 0.262 e. The van der Waals surface area contributed by atoms with Gasteiger partial charge in [0.25, 0.3) is 11.5 Å². The first kappa shape index (κ1) is 39.0. The average molecular weight is 825 g/mol. The number of carbonyl (C=O) groups is 3. The molecule has 0 bridgehead atoms. The Morgan fingerprint density at radius 2 is 1.75 bits per heavy atom. The molecule has 0 radical (unpaired) electrons. The quantitative estimate of drug-likeness (QED) is 0.123. The summed E-state index contributed by atoms with van der Waals surface area (Å²) in [5.41, 5.74) is 4.08. The van der Waals surface area contributed by atoms with Gasteiger partial charge in [0.2, 0.25) is 11.8 Å². The Hall–Kier alpha value is -5.17. The fourth-order valence-electron chi connectivity index (χ4n) is 11.1. The second-order valence-corrected chi connectivity index (χ2v) is 19.8. The van der Waals surface area contributed by atoms with Gasteiger partial charge in [-0.3, -0.25) is 34.0 Å². The molecule has 310 valence electrons. The van der Waals surface area contributed by atoms with Crippen molar-refractivity contribution < 1.29 is 19.5 Å². The zero-order valence-corrected chi connectivity index (χ0v) is 35.2. The lowest BCUT2D eigenvalue weighted by atomic mass is 9.57. The molecule has 3 N–H and O–H groups in total. The highest BCUT2D eigenvalue weighted by molar-refractivity contribution is 7.18. The molecule has 1 unspecified atom stereocenters. The summed E-state index contributed by atoms with van der Waals surface area (Å²) in [5, 5.41) is 19.8. The standard InChI is InChI=1S/C48H52N6O5S/c1-28-33-9-6-10-36(42(33)46(58)54(28)38-15-16-41(55)51-43(38)56)49-19-17-30-23-48(24-30)26-52(27-48)25-29-11-13-32(14-12-29)44-50-37-21-35(47(2,3)59)39(22-40(37)60-44)53-20-18-31-7-4-5-8-34(31)45(53)57/h4-10,18,20-22,29-30,32,38,49,59H,1,11-17,19,23-27H2,2-3H3,(H,51,55,56). The van der Waals surface area contributed by atoms with Crippen molar-refractivity contribution in [1.82, 2.24) is 24.7 Å². The fourth-order valence-corrected chi connectivity index (χ4v) is 12.2. The summed E-state index contributed by atoms with van der Waals surface area (Å²) in [5.74, 6) is 0.831. The van der Waals surface area contributed by atoms with Gasteiger partial charge in [0, 0.05) is 72.6 Å². The van der Waals surface area contributed by atoms with Crippen LogP contribution in [-0.4, -0.2) is 74.4 Å². The highest BCUT2D eigenvalue weighted by Crippen LogP contribution is 2.53. The molecular formula is C48H52N6O5S. The van der Waals surface area contributed by atoms with Crippen LogP contribution in [0.3, 0.4) is 0 Å². The molecule has 2 saturated heterocycles. The number of carbonyl (C=O) groups excluding carboxylic acids is 3. The largest absolute Gasteiger partial charge is 0.386 e. The molecule has 3 aromatic carbocycles. The molecule has 5 aliphatic rings. The van der Waals surface area contributed by atoms with Gasteiger partial charge in [-0.05, 0) is 118 Å². The molecule has 60 heavy (non-hydrogen) atoms. The van der Waals surface area contributed by atoms with Gasteiger partial charge in [0.15, 0.2) is 0 Å². The number of aromatic nitrogens is 2. The summed E-state index contributed by atoms with van der Waals surface area (Å²) >= 11 is 1.73. The molecule has 2 saturated carbocycles. The molecule has 1 atom stereocenters. The minimum Gasteiger partial charge on any atom is -0.386 e. The first-order chi connectivity index (χ1) is 28.8. The van der Waals surface area contributed by atoms with Crippen LogP contribution in [0.1, 0.15) is 104 Å². The van der Waals surface area contributed by atoms with Crippen LogP contribution in [0.25, 0.3) is 32.4 Å². The average Bonchev–Trinajstić information content (AvgIpc) is 3.73. The topological polar surface area (TPSA) is 137 Å². The Kier molecular flexibility index (Phi) is 9.60. The number of nitrogens with one attached hydrogen (secondary N) is 2. The monoisotopic (exact) mass is 824 g/mol. The number of pyridine rings is 1. The van der Waals surface area contributed by atoms with Crippen molar-refractivity contribution in [2.24, 2.45) is 17.3 Å². The number of fused-ring (bicyclic) bond motifs is 3. The summed E-state index contributed by atoms with van der Waals surface area (Å²) in [6.07, 6.45) is 10.6. The molecule has 4 fully saturated rings. The minimum absolute atomic E-state index is 0.0963. The molecule has 2 aliphatic carbocycles. The van der Waals surface area contributed by atoms with E-state index < -0.39 is 17.6 Å². The summed E-state index contributed by atoms with van der Waals surface area (Å²) < 4.78 is 2.71. The van der Waals surface area contributed by atoms with Gasteiger partial charge in [-0.25, -0.2) is 4.98 Å².